The summed E-state index contributed by atoms with van der Waals surface area (Å²) in [5.74, 6) is 1.21. The van der Waals surface area contributed by atoms with Crippen molar-refractivity contribution in [2.45, 2.75) is 11.1 Å². The van der Waals surface area contributed by atoms with Crippen LogP contribution in [0.4, 0.5) is 5.69 Å². The Hall–Kier alpha value is -1.83. The lowest BCUT2D eigenvalue weighted by molar-refractivity contribution is 0.534. The number of nitrogens with zero attached hydrogens (tertiary/aromatic N) is 1. The predicted molar refractivity (Wildman–Crippen MR) is 86.8 cm³/mol. The van der Waals surface area contributed by atoms with Gasteiger partial charge >= 0.3 is 0 Å². The van der Waals surface area contributed by atoms with Crippen LogP contribution in [0.15, 0.2) is 51.2 Å². The van der Waals surface area contributed by atoms with Gasteiger partial charge in [0, 0.05) is 18.2 Å². The average molecular weight is 355 g/mol. The van der Waals surface area contributed by atoms with Crippen molar-refractivity contribution >= 4 is 38.6 Å². The molecule has 2 aromatic heterocycles. The topological polar surface area (TPSA) is 72.2 Å². The first-order chi connectivity index (χ1) is 10.4. The molecule has 0 aliphatic rings. The van der Waals surface area contributed by atoms with Gasteiger partial charge in [-0.1, -0.05) is 11.6 Å². The van der Waals surface area contributed by atoms with Gasteiger partial charge in [0.1, 0.15) is 4.21 Å². The van der Waals surface area contributed by atoms with Crippen molar-refractivity contribution < 1.29 is 12.8 Å². The number of oxazole rings is 1. The highest BCUT2D eigenvalue weighted by Gasteiger charge is 2.16. The van der Waals surface area contributed by atoms with E-state index >= 15 is 0 Å². The molecule has 22 heavy (non-hydrogen) atoms. The Morgan fingerprint density at radius 1 is 1.18 bits per heavy atom. The molecule has 0 amide bonds. The van der Waals surface area contributed by atoms with Crippen molar-refractivity contribution in [3.05, 3.63) is 52.8 Å². The second-order valence-corrected chi connectivity index (χ2v) is 8.11. The molecule has 0 saturated carbocycles. The lowest BCUT2D eigenvalue weighted by atomic mass is 10.2. The van der Waals surface area contributed by atoms with Crippen LogP contribution in [-0.4, -0.2) is 13.4 Å². The third kappa shape index (κ3) is 3.16. The van der Waals surface area contributed by atoms with Gasteiger partial charge < -0.3 is 4.42 Å². The number of aryl methyl sites for hydroxylation is 1. The molecular formula is C14H11ClN2O3S2. The van der Waals surface area contributed by atoms with Crippen LogP contribution in [0, 0.1) is 6.92 Å². The van der Waals surface area contributed by atoms with E-state index in [1.54, 1.807) is 43.5 Å². The van der Waals surface area contributed by atoms with Crippen LogP contribution in [-0.2, 0) is 10.0 Å². The number of rotatable bonds is 4. The third-order valence-electron chi connectivity index (χ3n) is 2.86. The molecule has 5 nitrogen and oxygen atoms in total. The highest BCUT2D eigenvalue weighted by atomic mass is 35.5. The first-order valence-corrected chi connectivity index (χ1v) is 8.93. The zero-order valence-electron chi connectivity index (χ0n) is 11.4. The van der Waals surface area contributed by atoms with Crippen molar-refractivity contribution in [1.29, 1.82) is 0 Å². The Bertz CT molecular complexity index is 898. The molecule has 1 aromatic carbocycles. The zero-order valence-corrected chi connectivity index (χ0v) is 13.8. The monoisotopic (exact) mass is 354 g/mol. The van der Waals surface area contributed by atoms with E-state index in [1.807, 2.05) is 0 Å². The number of nitrogens with one attached hydrogen (secondary N) is 1. The molecule has 0 aliphatic carbocycles. The Kier molecular flexibility index (Phi) is 3.94. The van der Waals surface area contributed by atoms with Crippen molar-refractivity contribution in [2.24, 2.45) is 0 Å². The van der Waals surface area contributed by atoms with E-state index in [0.717, 1.165) is 16.9 Å². The maximum Gasteiger partial charge on any atom is 0.271 e. The molecule has 0 unspecified atom stereocenters. The third-order valence-corrected chi connectivity index (χ3v) is 5.96. The number of aromatic nitrogens is 1. The number of benzene rings is 1. The van der Waals surface area contributed by atoms with Crippen LogP contribution < -0.4 is 4.72 Å². The Balaban J connectivity index is 1.82. The fraction of sp³-hybridized carbons (Fsp3) is 0.0714. The van der Waals surface area contributed by atoms with E-state index in [9.17, 15) is 8.42 Å². The summed E-state index contributed by atoms with van der Waals surface area (Å²) in [4.78, 5) is 4.03. The van der Waals surface area contributed by atoms with Crippen LogP contribution in [0.3, 0.4) is 0 Å². The maximum absolute atomic E-state index is 12.2. The number of sulfonamides is 1. The molecule has 2 heterocycles. The summed E-state index contributed by atoms with van der Waals surface area (Å²) in [5, 5.41) is 0. The van der Waals surface area contributed by atoms with Crippen LogP contribution in [0.1, 0.15) is 5.89 Å². The van der Waals surface area contributed by atoms with E-state index in [4.69, 9.17) is 16.0 Å². The number of anilines is 1. The number of thiophene rings is 1. The Morgan fingerprint density at radius 2 is 1.91 bits per heavy atom. The van der Waals surface area contributed by atoms with Crippen molar-refractivity contribution in [3.63, 3.8) is 0 Å². The molecule has 0 spiro atoms. The first kappa shape index (κ1) is 15.1. The quantitative estimate of drug-likeness (QED) is 0.763. The van der Waals surface area contributed by atoms with Gasteiger partial charge in [0.05, 0.1) is 10.5 Å². The van der Waals surface area contributed by atoms with E-state index < -0.39 is 10.0 Å². The molecule has 0 aliphatic heterocycles. The summed E-state index contributed by atoms with van der Waals surface area (Å²) in [6.45, 7) is 1.76. The minimum atomic E-state index is -3.62. The van der Waals surface area contributed by atoms with Crippen molar-refractivity contribution in [1.82, 2.24) is 4.98 Å². The summed E-state index contributed by atoms with van der Waals surface area (Å²) < 4.78 is 32.9. The summed E-state index contributed by atoms with van der Waals surface area (Å²) in [5.41, 5.74) is 1.28. The highest BCUT2D eigenvalue weighted by molar-refractivity contribution is 7.94. The average Bonchev–Trinajstić information content (AvgIpc) is 3.08. The minimum absolute atomic E-state index is 0.174. The zero-order chi connectivity index (χ0) is 15.7. The van der Waals surface area contributed by atoms with Gasteiger partial charge in [-0.25, -0.2) is 13.4 Å². The molecule has 8 heteroatoms. The number of hydrogen-bond donors (Lipinski definition) is 1. The van der Waals surface area contributed by atoms with Gasteiger partial charge in [-0.3, -0.25) is 4.72 Å². The van der Waals surface area contributed by atoms with Gasteiger partial charge in [0.25, 0.3) is 10.0 Å². The smallest absolute Gasteiger partial charge is 0.271 e. The molecule has 0 atom stereocenters. The highest BCUT2D eigenvalue weighted by Crippen LogP contribution is 2.28. The molecule has 114 valence electrons. The minimum Gasteiger partial charge on any atom is -0.441 e. The molecule has 1 N–H and O–H groups in total. The van der Waals surface area contributed by atoms with E-state index in [1.165, 1.54) is 6.07 Å². The summed E-state index contributed by atoms with van der Waals surface area (Å²) >= 11 is 6.78. The van der Waals surface area contributed by atoms with Crippen molar-refractivity contribution in [3.8, 4) is 11.3 Å². The molecule has 0 fully saturated rings. The Labute approximate surface area is 136 Å². The SMILES string of the molecule is Cc1ncc(-c2ccc(NS(=O)(=O)c3ccc(Cl)s3)cc2)o1. The fourth-order valence-corrected chi connectivity index (χ4v) is 4.39. The van der Waals surface area contributed by atoms with Crippen LogP contribution in [0.5, 0.6) is 0 Å². The molecule has 0 saturated heterocycles. The fourth-order valence-electron chi connectivity index (χ4n) is 1.84. The number of hydrogen-bond acceptors (Lipinski definition) is 5. The molecule has 0 radical (unpaired) electrons. The van der Waals surface area contributed by atoms with Gasteiger partial charge in [0.2, 0.25) is 0 Å². The lowest BCUT2D eigenvalue weighted by Crippen LogP contribution is -2.11. The van der Waals surface area contributed by atoms with Gasteiger partial charge in [-0.15, -0.1) is 11.3 Å². The molecule has 0 bridgehead atoms. The summed E-state index contributed by atoms with van der Waals surface area (Å²) in [6, 6.07) is 9.88. The van der Waals surface area contributed by atoms with E-state index in [-0.39, 0.29) is 4.21 Å². The predicted octanol–water partition coefficient (Wildman–Crippen LogP) is 4.17. The van der Waals surface area contributed by atoms with Crippen LogP contribution in [0.2, 0.25) is 4.34 Å². The normalized spacial score (nSPS) is 11.5. The maximum atomic E-state index is 12.2. The molecular weight excluding hydrogens is 344 g/mol. The standard InChI is InChI=1S/C14H11ClN2O3S2/c1-9-16-8-12(20-9)10-2-4-11(5-3-10)17-22(18,19)14-7-6-13(15)21-14/h2-8,17H,1H3. The molecule has 3 aromatic rings. The first-order valence-electron chi connectivity index (χ1n) is 6.25. The Morgan fingerprint density at radius 3 is 2.45 bits per heavy atom. The van der Waals surface area contributed by atoms with Gasteiger partial charge in [-0.05, 0) is 36.4 Å². The van der Waals surface area contributed by atoms with Gasteiger partial charge in [-0.2, -0.15) is 0 Å². The number of halogens is 1. The van der Waals surface area contributed by atoms with Crippen LogP contribution in [0.25, 0.3) is 11.3 Å². The second-order valence-electron chi connectivity index (χ2n) is 4.48. The van der Waals surface area contributed by atoms with Gasteiger partial charge in [0.15, 0.2) is 11.7 Å². The van der Waals surface area contributed by atoms with Crippen molar-refractivity contribution in [2.75, 3.05) is 4.72 Å². The van der Waals surface area contributed by atoms with E-state index in [0.29, 0.717) is 21.7 Å². The van der Waals surface area contributed by atoms with E-state index in [2.05, 4.69) is 9.71 Å². The second kappa shape index (κ2) is 5.75. The summed E-state index contributed by atoms with van der Waals surface area (Å²) in [7, 11) is -3.62. The molecule has 3 rings (SSSR count). The van der Waals surface area contributed by atoms with Crippen LogP contribution >= 0.6 is 22.9 Å². The summed E-state index contributed by atoms with van der Waals surface area (Å²) in [6.07, 6.45) is 1.63. The largest absolute Gasteiger partial charge is 0.441 e. The lowest BCUT2D eigenvalue weighted by Gasteiger charge is -2.06.